The lowest BCUT2D eigenvalue weighted by Crippen LogP contribution is -2.49. The summed E-state index contributed by atoms with van der Waals surface area (Å²) in [5.74, 6) is -0.464. The van der Waals surface area contributed by atoms with Crippen LogP contribution >= 0.6 is 0 Å². The summed E-state index contributed by atoms with van der Waals surface area (Å²) in [5, 5.41) is 33.5. The Morgan fingerprint density at radius 1 is 0.359 bits per heavy atom. The van der Waals surface area contributed by atoms with Crippen LogP contribution in [0.1, 0.15) is 335 Å². The zero-order valence-corrected chi connectivity index (χ0v) is 43.7. The third kappa shape index (κ3) is 49.0. The molecule has 0 radical (unpaired) electrons. The summed E-state index contributed by atoms with van der Waals surface area (Å²) in [5.41, 5.74) is 0. The molecule has 64 heavy (non-hydrogen) atoms. The van der Waals surface area contributed by atoms with Gasteiger partial charge in [-0.15, -0.1) is 0 Å². The smallest absolute Gasteiger partial charge is 0.249 e. The highest BCUT2D eigenvalue weighted by Gasteiger charge is 2.23. The number of allylic oxidation sites excluding steroid dienone is 2. The molecule has 0 aliphatic rings. The molecule has 0 heterocycles. The van der Waals surface area contributed by atoms with Crippen LogP contribution in [0.15, 0.2) is 12.2 Å². The van der Waals surface area contributed by atoms with Gasteiger partial charge in [0.25, 0.3) is 0 Å². The van der Waals surface area contributed by atoms with E-state index >= 15 is 0 Å². The molecular formula is C59H117NO4. The molecule has 0 saturated heterocycles. The van der Waals surface area contributed by atoms with Crippen LogP contribution in [0.4, 0.5) is 0 Å². The van der Waals surface area contributed by atoms with E-state index in [-0.39, 0.29) is 6.61 Å². The summed E-state index contributed by atoms with van der Waals surface area (Å²) in [4.78, 5) is 12.6. The molecular weight excluding hydrogens is 787 g/mol. The predicted molar refractivity (Wildman–Crippen MR) is 282 cm³/mol. The first-order valence-corrected chi connectivity index (χ1v) is 29.5. The van der Waals surface area contributed by atoms with E-state index in [1.54, 1.807) is 0 Å². The van der Waals surface area contributed by atoms with Crippen LogP contribution in [0.2, 0.25) is 0 Å². The quantitative estimate of drug-likeness (QED) is 0.0362. The number of nitrogens with one attached hydrogen (secondary N) is 1. The van der Waals surface area contributed by atoms with Crippen molar-refractivity contribution in [2.24, 2.45) is 0 Å². The predicted octanol–water partition coefficient (Wildman–Crippen LogP) is 18.3. The molecule has 0 rings (SSSR count). The molecule has 0 aliphatic heterocycles. The number of carbonyl (C=O) groups is 1. The summed E-state index contributed by atoms with van der Waals surface area (Å²) < 4.78 is 0. The lowest BCUT2D eigenvalue weighted by molar-refractivity contribution is -0.131. The molecule has 5 heteroatoms. The first-order valence-electron chi connectivity index (χ1n) is 29.5. The van der Waals surface area contributed by atoms with Gasteiger partial charge in [-0.1, -0.05) is 309 Å². The molecule has 1 amide bonds. The maximum atomic E-state index is 12.6. The van der Waals surface area contributed by atoms with E-state index < -0.39 is 24.2 Å². The number of amides is 1. The zero-order chi connectivity index (χ0) is 46.5. The Labute approximate surface area is 401 Å². The fourth-order valence-corrected chi connectivity index (χ4v) is 9.54. The SMILES string of the molecule is CCCCCCCCCCCCCCCC/C=C\CCCCCCCCCCCCCCCCCCC(O)C(=O)NC(CO)C(O)CCCCCCCCCCCCCCCCCC. The Morgan fingerprint density at radius 2 is 0.594 bits per heavy atom. The van der Waals surface area contributed by atoms with Gasteiger partial charge in [-0.05, 0) is 38.5 Å². The van der Waals surface area contributed by atoms with Crippen LogP contribution in [0.25, 0.3) is 0 Å². The fourth-order valence-electron chi connectivity index (χ4n) is 9.54. The molecule has 5 nitrogen and oxygen atoms in total. The number of aliphatic hydroxyl groups excluding tert-OH is 3. The van der Waals surface area contributed by atoms with Crippen molar-refractivity contribution in [1.29, 1.82) is 0 Å². The van der Waals surface area contributed by atoms with Crippen molar-refractivity contribution >= 4 is 5.91 Å². The fraction of sp³-hybridized carbons (Fsp3) is 0.949. The Balaban J connectivity index is 3.45. The Bertz CT molecular complexity index is 909. The number of unbranched alkanes of at least 4 members (excludes halogenated alkanes) is 45. The monoisotopic (exact) mass is 904 g/mol. The molecule has 3 atom stereocenters. The molecule has 0 aromatic carbocycles. The van der Waals surface area contributed by atoms with Crippen molar-refractivity contribution in [1.82, 2.24) is 5.32 Å². The minimum atomic E-state index is -1.07. The van der Waals surface area contributed by atoms with E-state index in [0.29, 0.717) is 12.8 Å². The maximum Gasteiger partial charge on any atom is 0.249 e. The molecule has 0 spiro atoms. The topological polar surface area (TPSA) is 89.8 Å². The van der Waals surface area contributed by atoms with Gasteiger partial charge in [0.2, 0.25) is 5.91 Å². The van der Waals surface area contributed by atoms with Gasteiger partial charge in [0.05, 0.1) is 18.8 Å². The van der Waals surface area contributed by atoms with Crippen molar-refractivity contribution in [3.63, 3.8) is 0 Å². The van der Waals surface area contributed by atoms with Gasteiger partial charge in [0, 0.05) is 0 Å². The standard InChI is InChI=1S/C59H117NO4/c1-3-5-7-9-11-13-15-17-19-21-22-23-24-25-26-27-28-29-30-31-32-33-34-35-36-37-38-40-42-44-46-48-50-52-54-58(63)59(64)60-56(55-61)57(62)53-51-49-47-45-43-41-39-20-18-16-14-12-10-8-6-4-2/h27-28,56-58,61-63H,3-26,29-55H2,1-2H3,(H,60,64)/b28-27-. The lowest BCUT2D eigenvalue weighted by Gasteiger charge is -2.23. The summed E-state index contributed by atoms with van der Waals surface area (Å²) >= 11 is 0. The highest BCUT2D eigenvalue weighted by molar-refractivity contribution is 5.80. The van der Waals surface area contributed by atoms with E-state index in [1.165, 1.54) is 276 Å². The second kappa shape index (κ2) is 54.7. The van der Waals surface area contributed by atoms with Crippen LogP contribution in [-0.2, 0) is 4.79 Å². The van der Waals surface area contributed by atoms with E-state index in [4.69, 9.17) is 0 Å². The second-order valence-corrected chi connectivity index (χ2v) is 20.6. The molecule has 0 bridgehead atoms. The largest absolute Gasteiger partial charge is 0.394 e. The van der Waals surface area contributed by atoms with Crippen LogP contribution in [-0.4, -0.2) is 46.1 Å². The molecule has 0 aromatic rings. The lowest BCUT2D eigenvalue weighted by atomic mass is 10.0. The minimum absolute atomic E-state index is 0.309. The van der Waals surface area contributed by atoms with Gasteiger partial charge in [-0.2, -0.15) is 0 Å². The summed E-state index contributed by atoms with van der Waals surface area (Å²) in [7, 11) is 0. The highest BCUT2D eigenvalue weighted by Crippen LogP contribution is 2.18. The van der Waals surface area contributed by atoms with Crippen LogP contribution in [0.5, 0.6) is 0 Å². The zero-order valence-electron chi connectivity index (χ0n) is 43.7. The maximum absolute atomic E-state index is 12.6. The van der Waals surface area contributed by atoms with Gasteiger partial charge in [-0.3, -0.25) is 4.79 Å². The third-order valence-corrected chi connectivity index (χ3v) is 14.1. The number of aliphatic hydroxyl groups is 3. The molecule has 0 fully saturated rings. The van der Waals surface area contributed by atoms with Crippen LogP contribution < -0.4 is 5.32 Å². The first-order chi connectivity index (χ1) is 31.6. The van der Waals surface area contributed by atoms with Crippen LogP contribution in [0.3, 0.4) is 0 Å². The van der Waals surface area contributed by atoms with Gasteiger partial charge in [0.15, 0.2) is 0 Å². The molecule has 0 saturated carbocycles. The van der Waals surface area contributed by atoms with Crippen molar-refractivity contribution in [3.05, 3.63) is 12.2 Å². The van der Waals surface area contributed by atoms with Crippen LogP contribution in [0, 0.1) is 0 Å². The number of hydrogen-bond acceptors (Lipinski definition) is 4. The highest BCUT2D eigenvalue weighted by atomic mass is 16.3. The van der Waals surface area contributed by atoms with Gasteiger partial charge in [0.1, 0.15) is 6.10 Å². The third-order valence-electron chi connectivity index (χ3n) is 14.1. The minimum Gasteiger partial charge on any atom is -0.394 e. The van der Waals surface area contributed by atoms with E-state index in [9.17, 15) is 20.1 Å². The van der Waals surface area contributed by atoms with E-state index in [0.717, 1.165) is 32.1 Å². The molecule has 4 N–H and O–H groups in total. The van der Waals surface area contributed by atoms with Gasteiger partial charge in [-0.25, -0.2) is 0 Å². The number of rotatable bonds is 55. The first kappa shape index (κ1) is 63.1. The average Bonchev–Trinajstić information content (AvgIpc) is 3.30. The van der Waals surface area contributed by atoms with Crippen molar-refractivity contribution in [2.45, 2.75) is 353 Å². The summed E-state index contributed by atoms with van der Waals surface area (Å²) in [6, 6.07) is -0.709. The van der Waals surface area contributed by atoms with E-state index in [1.807, 2.05) is 0 Å². The Morgan fingerprint density at radius 3 is 0.859 bits per heavy atom. The number of hydrogen-bond donors (Lipinski definition) is 4. The van der Waals surface area contributed by atoms with Crippen molar-refractivity contribution in [3.8, 4) is 0 Å². The Kier molecular flexibility index (Phi) is 53.9. The van der Waals surface area contributed by atoms with Crippen molar-refractivity contribution in [2.75, 3.05) is 6.61 Å². The molecule has 382 valence electrons. The second-order valence-electron chi connectivity index (χ2n) is 20.6. The van der Waals surface area contributed by atoms with Gasteiger partial charge >= 0.3 is 0 Å². The number of carbonyl (C=O) groups excluding carboxylic acids is 1. The summed E-state index contributed by atoms with van der Waals surface area (Å²) in [6.45, 7) is 4.27. The van der Waals surface area contributed by atoms with E-state index in [2.05, 4.69) is 31.3 Å². The molecule has 0 aliphatic carbocycles. The Hall–Kier alpha value is -0.910. The normalized spacial score (nSPS) is 13.3. The summed E-state index contributed by atoms with van der Waals surface area (Å²) in [6.07, 6.45) is 68.5. The van der Waals surface area contributed by atoms with Gasteiger partial charge < -0.3 is 20.6 Å². The molecule has 0 aromatic heterocycles. The molecule has 3 unspecified atom stereocenters. The van der Waals surface area contributed by atoms with Crippen molar-refractivity contribution < 1.29 is 20.1 Å². The average molecular weight is 905 g/mol.